The number of hydrogen-bond acceptors (Lipinski definition) is 7. The van der Waals surface area contributed by atoms with Gasteiger partial charge in [-0.2, -0.15) is 0 Å². The third kappa shape index (κ3) is 4.60. The van der Waals surface area contributed by atoms with Crippen LogP contribution in [-0.4, -0.2) is 34.9 Å². The van der Waals surface area contributed by atoms with Crippen LogP contribution in [0.5, 0.6) is 11.5 Å². The molecule has 0 aliphatic carbocycles. The number of thioether (sulfide) groups is 1. The number of halogens is 1. The molecular weight excluding hydrogens is 397 g/mol. The van der Waals surface area contributed by atoms with E-state index in [-0.39, 0.29) is 34.5 Å². The largest absolute Gasteiger partial charge is 0.506 e. The topological polar surface area (TPSA) is 88.4 Å². The van der Waals surface area contributed by atoms with Gasteiger partial charge in [-0.25, -0.2) is 14.2 Å². The number of ether oxygens (including phenoxy) is 2. The molecule has 0 radical (unpaired) electrons. The Hall–Kier alpha value is -3.26. The van der Waals surface area contributed by atoms with Crippen LogP contribution in [0.25, 0.3) is 6.08 Å². The summed E-state index contributed by atoms with van der Waals surface area (Å²) >= 11 is 1.08. The monoisotopic (exact) mass is 415 g/mol. The molecule has 0 bridgehead atoms. The summed E-state index contributed by atoms with van der Waals surface area (Å²) in [6.07, 6.45) is 1.63. The molecule has 0 unspecified atom stereocenters. The lowest BCUT2D eigenvalue weighted by Crippen LogP contribution is -2.12. The summed E-state index contributed by atoms with van der Waals surface area (Å²) < 4.78 is 23.3. The maximum atomic E-state index is 13.1. The molecule has 6 nitrogen and oxygen atoms in total. The Morgan fingerprint density at radius 1 is 1.21 bits per heavy atom. The van der Waals surface area contributed by atoms with Gasteiger partial charge in [0.15, 0.2) is 11.5 Å². The van der Waals surface area contributed by atoms with Crippen molar-refractivity contribution in [3.8, 4) is 11.5 Å². The summed E-state index contributed by atoms with van der Waals surface area (Å²) in [5.74, 6) is -1.11. The molecule has 1 aliphatic heterocycles. The Balaban J connectivity index is 2.03. The Bertz CT molecular complexity index is 1030. The van der Waals surface area contributed by atoms with Crippen LogP contribution >= 0.6 is 11.8 Å². The molecule has 2 aromatic carbocycles. The first-order valence-corrected chi connectivity index (χ1v) is 9.46. The number of methoxy groups -OCH3 is 1. The highest BCUT2D eigenvalue weighted by molar-refractivity contribution is 8.18. The Morgan fingerprint density at radius 2 is 1.93 bits per heavy atom. The van der Waals surface area contributed by atoms with E-state index in [1.165, 1.54) is 37.4 Å². The first kappa shape index (κ1) is 20.5. The van der Waals surface area contributed by atoms with Gasteiger partial charge in [-0.3, -0.25) is 0 Å². The first-order valence-electron chi connectivity index (χ1n) is 8.64. The molecule has 150 valence electrons. The number of phenolic OH excluding ortho intramolecular Hbond substituents is 1. The molecule has 29 heavy (non-hydrogen) atoms. The van der Waals surface area contributed by atoms with Crippen molar-refractivity contribution in [2.75, 3.05) is 13.7 Å². The second kappa shape index (κ2) is 8.83. The Labute approximate surface area is 171 Å². The lowest BCUT2D eigenvalue weighted by Gasteiger charge is -2.04. The van der Waals surface area contributed by atoms with E-state index in [1.807, 2.05) is 0 Å². The number of carbonyl (C=O) groups excluding carboxylic acids is 1. The number of hydrogen-bond donors (Lipinski definition) is 2. The number of esters is 1. The summed E-state index contributed by atoms with van der Waals surface area (Å²) in [6.45, 7) is 1.80. The fourth-order valence-corrected chi connectivity index (χ4v) is 3.60. The molecule has 0 spiro atoms. The number of carbonyl (C=O) groups is 1. The molecule has 3 rings (SSSR count). The van der Waals surface area contributed by atoms with Crippen LogP contribution in [0.1, 0.15) is 12.5 Å². The predicted octanol–water partition coefficient (Wildman–Crippen LogP) is 4.73. The summed E-state index contributed by atoms with van der Waals surface area (Å²) in [7, 11) is 1.43. The van der Waals surface area contributed by atoms with E-state index in [2.05, 4.69) is 4.99 Å². The number of rotatable bonds is 5. The van der Waals surface area contributed by atoms with Crippen LogP contribution in [0.2, 0.25) is 0 Å². The van der Waals surface area contributed by atoms with Crippen molar-refractivity contribution in [1.29, 1.82) is 0 Å². The van der Waals surface area contributed by atoms with Crippen molar-refractivity contribution in [2.24, 2.45) is 4.99 Å². The molecule has 0 saturated carbocycles. The van der Waals surface area contributed by atoms with Crippen LogP contribution in [0.4, 0.5) is 10.1 Å². The van der Waals surface area contributed by atoms with Gasteiger partial charge >= 0.3 is 5.97 Å². The standard InChI is InChI=1S/C21H18FNO5S/c1-3-28-21(26)18-19(25)17(11-12-4-9-15(24)16(10-12)27-2)29-20(18)23-14-7-5-13(22)6-8-14/h4-11,24-25H,3H2,1-2H3. The van der Waals surface area contributed by atoms with Crippen LogP contribution in [0.15, 0.2) is 63.7 Å². The van der Waals surface area contributed by atoms with Gasteiger partial charge in [0.2, 0.25) is 0 Å². The van der Waals surface area contributed by atoms with E-state index < -0.39 is 11.8 Å². The molecule has 8 heteroatoms. The molecule has 0 atom stereocenters. The van der Waals surface area contributed by atoms with E-state index in [0.717, 1.165) is 11.8 Å². The highest BCUT2D eigenvalue weighted by atomic mass is 32.2. The van der Waals surface area contributed by atoms with Gasteiger partial charge in [0, 0.05) is 0 Å². The summed E-state index contributed by atoms with van der Waals surface area (Å²) in [5.41, 5.74) is 1.01. The van der Waals surface area contributed by atoms with Crippen LogP contribution in [-0.2, 0) is 9.53 Å². The third-order valence-corrected chi connectivity index (χ3v) is 4.95. The zero-order valence-corrected chi connectivity index (χ0v) is 16.5. The smallest absolute Gasteiger partial charge is 0.344 e. The van der Waals surface area contributed by atoms with E-state index in [9.17, 15) is 19.4 Å². The summed E-state index contributed by atoms with van der Waals surface area (Å²) in [6, 6.07) is 10.1. The molecule has 1 heterocycles. The second-order valence-corrected chi connectivity index (χ2v) is 6.91. The zero-order chi connectivity index (χ0) is 21.0. The van der Waals surface area contributed by atoms with Crippen molar-refractivity contribution < 1.29 is 28.9 Å². The molecule has 0 aromatic heterocycles. The number of aliphatic imine (C=N–C) groups is 1. The van der Waals surface area contributed by atoms with E-state index in [0.29, 0.717) is 16.2 Å². The molecule has 2 aromatic rings. The molecular formula is C21H18FNO5S. The number of nitrogens with zero attached hydrogens (tertiary/aromatic N) is 1. The third-order valence-electron chi connectivity index (χ3n) is 3.93. The zero-order valence-electron chi connectivity index (χ0n) is 15.7. The van der Waals surface area contributed by atoms with Crippen molar-refractivity contribution in [2.45, 2.75) is 6.92 Å². The average molecular weight is 415 g/mol. The average Bonchev–Trinajstić information content (AvgIpc) is 3.00. The van der Waals surface area contributed by atoms with Crippen LogP contribution < -0.4 is 4.74 Å². The maximum Gasteiger partial charge on any atom is 0.344 e. The predicted molar refractivity (Wildman–Crippen MR) is 110 cm³/mol. The van der Waals surface area contributed by atoms with Gasteiger partial charge in [0.25, 0.3) is 0 Å². The van der Waals surface area contributed by atoms with Gasteiger partial charge in [0.1, 0.15) is 22.2 Å². The highest BCUT2D eigenvalue weighted by Crippen LogP contribution is 2.40. The van der Waals surface area contributed by atoms with Crippen molar-refractivity contribution in [1.82, 2.24) is 0 Å². The maximum absolute atomic E-state index is 13.1. The lowest BCUT2D eigenvalue weighted by molar-refractivity contribution is -0.138. The van der Waals surface area contributed by atoms with Crippen LogP contribution in [0, 0.1) is 5.82 Å². The number of benzene rings is 2. The van der Waals surface area contributed by atoms with Gasteiger partial charge < -0.3 is 19.7 Å². The molecule has 1 aliphatic rings. The summed E-state index contributed by atoms with van der Waals surface area (Å²) in [5, 5.41) is 20.6. The minimum Gasteiger partial charge on any atom is -0.506 e. The quantitative estimate of drug-likeness (QED) is 0.686. The van der Waals surface area contributed by atoms with Crippen molar-refractivity contribution in [3.05, 3.63) is 70.1 Å². The fraction of sp³-hybridized carbons (Fsp3) is 0.143. The molecule has 0 saturated heterocycles. The number of aliphatic hydroxyl groups is 1. The Morgan fingerprint density at radius 3 is 2.59 bits per heavy atom. The van der Waals surface area contributed by atoms with Crippen LogP contribution in [0.3, 0.4) is 0 Å². The normalized spacial score (nSPS) is 16.5. The van der Waals surface area contributed by atoms with Crippen molar-refractivity contribution in [3.63, 3.8) is 0 Å². The number of aromatic hydroxyl groups is 1. The van der Waals surface area contributed by atoms with Gasteiger partial charge in [-0.05, 0) is 55.0 Å². The second-order valence-electron chi connectivity index (χ2n) is 5.88. The molecule has 0 fully saturated rings. The van der Waals surface area contributed by atoms with E-state index in [1.54, 1.807) is 25.1 Å². The number of aliphatic hydroxyl groups excluding tert-OH is 1. The van der Waals surface area contributed by atoms with E-state index in [4.69, 9.17) is 9.47 Å². The van der Waals surface area contributed by atoms with Gasteiger partial charge in [0.05, 0.1) is 24.3 Å². The SMILES string of the molecule is CCOC(=O)C1=C(O)C(=Cc2ccc(O)c(OC)c2)SC1=Nc1ccc(F)cc1. The van der Waals surface area contributed by atoms with Gasteiger partial charge in [-0.1, -0.05) is 17.8 Å². The highest BCUT2D eigenvalue weighted by Gasteiger charge is 2.33. The Kier molecular flexibility index (Phi) is 6.23. The molecule has 0 amide bonds. The minimum atomic E-state index is -0.704. The number of phenols is 1. The van der Waals surface area contributed by atoms with Gasteiger partial charge in [-0.15, -0.1) is 0 Å². The van der Waals surface area contributed by atoms with Crippen molar-refractivity contribution >= 4 is 34.5 Å². The minimum absolute atomic E-state index is 0.0146. The first-order chi connectivity index (χ1) is 13.9. The lowest BCUT2D eigenvalue weighted by atomic mass is 10.1. The fourth-order valence-electron chi connectivity index (χ4n) is 2.56. The summed E-state index contributed by atoms with van der Waals surface area (Å²) in [4.78, 5) is 17.1. The molecule has 2 N–H and O–H groups in total. The van der Waals surface area contributed by atoms with E-state index >= 15 is 0 Å².